The summed E-state index contributed by atoms with van der Waals surface area (Å²) in [5.74, 6) is -0.140. The van der Waals surface area contributed by atoms with E-state index in [4.69, 9.17) is 11.6 Å². The van der Waals surface area contributed by atoms with Crippen LogP contribution in [-0.2, 0) is 17.4 Å². The molecule has 1 aliphatic rings. The van der Waals surface area contributed by atoms with Crippen molar-refractivity contribution in [1.82, 2.24) is 0 Å². The van der Waals surface area contributed by atoms with E-state index in [1.54, 1.807) is 18.2 Å². The van der Waals surface area contributed by atoms with Crippen molar-refractivity contribution in [3.05, 3.63) is 63.9 Å². The highest BCUT2D eigenvalue weighted by molar-refractivity contribution is 6.31. The van der Waals surface area contributed by atoms with Crippen LogP contribution in [0.1, 0.15) is 57.7 Å². The number of Topliss-reactive ketones (excluding diaryl/α,β-unsaturated/α-hetero) is 1. The maximum absolute atomic E-state index is 13.3. The molecule has 0 aromatic heterocycles. The van der Waals surface area contributed by atoms with Gasteiger partial charge in [0.05, 0.1) is 16.2 Å². The van der Waals surface area contributed by atoms with E-state index in [9.17, 15) is 23.1 Å². The molecule has 0 radical (unpaired) electrons. The highest BCUT2D eigenvalue weighted by Crippen LogP contribution is 2.49. The Morgan fingerprint density at radius 2 is 1.58 bits per heavy atom. The minimum atomic E-state index is -4.58. The van der Waals surface area contributed by atoms with Crippen molar-refractivity contribution in [1.29, 1.82) is 0 Å². The normalized spacial score (nSPS) is 18.4. The highest BCUT2D eigenvalue weighted by Gasteiger charge is 2.46. The lowest BCUT2D eigenvalue weighted by Gasteiger charge is -2.40. The van der Waals surface area contributed by atoms with Gasteiger partial charge in [0.2, 0.25) is 0 Å². The molecular weight excluding hydrogens is 425 g/mol. The Morgan fingerprint density at radius 3 is 2.16 bits per heavy atom. The van der Waals surface area contributed by atoms with Crippen molar-refractivity contribution in [3.8, 4) is 11.1 Å². The molecule has 6 heteroatoms. The number of aliphatic hydroxyl groups excluding tert-OH is 1. The highest BCUT2D eigenvalue weighted by atomic mass is 35.5. The fourth-order valence-corrected chi connectivity index (χ4v) is 4.75. The van der Waals surface area contributed by atoms with Crippen molar-refractivity contribution in [2.45, 2.75) is 53.6 Å². The number of halogens is 4. The van der Waals surface area contributed by atoms with Gasteiger partial charge in [-0.15, -0.1) is 0 Å². The van der Waals surface area contributed by atoms with Crippen molar-refractivity contribution in [3.63, 3.8) is 0 Å². The van der Waals surface area contributed by atoms with Crippen LogP contribution in [0.5, 0.6) is 0 Å². The first-order valence-electron chi connectivity index (χ1n) is 10.2. The third-order valence-corrected chi connectivity index (χ3v) is 6.30. The number of carbonyl (C=O) groups excluding carboxylic acids is 1. The van der Waals surface area contributed by atoms with Gasteiger partial charge in [-0.2, -0.15) is 13.2 Å². The Balaban J connectivity index is 2.25. The number of rotatable bonds is 3. The number of hydrogen-bond acceptors (Lipinski definition) is 2. The maximum Gasteiger partial charge on any atom is 0.417 e. The van der Waals surface area contributed by atoms with Gasteiger partial charge in [0.25, 0.3) is 0 Å². The average Bonchev–Trinajstić information content (AvgIpc) is 2.65. The Labute approximate surface area is 185 Å². The van der Waals surface area contributed by atoms with Gasteiger partial charge in [-0.05, 0) is 53.3 Å². The summed E-state index contributed by atoms with van der Waals surface area (Å²) in [7, 11) is 0. The monoisotopic (exact) mass is 450 g/mol. The lowest BCUT2D eigenvalue weighted by atomic mass is 9.63. The Morgan fingerprint density at radius 1 is 1.00 bits per heavy atom. The van der Waals surface area contributed by atoms with Crippen LogP contribution in [0.3, 0.4) is 0 Å². The van der Waals surface area contributed by atoms with Crippen molar-refractivity contribution in [2.24, 2.45) is 10.8 Å². The number of alkyl halides is 3. The van der Waals surface area contributed by atoms with Crippen molar-refractivity contribution >= 4 is 23.0 Å². The van der Waals surface area contributed by atoms with Gasteiger partial charge in [-0.1, -0.05) is 64.4 Å². The van der Waals surface area contributed by atoms with E-state index in [0.29, 0.717) is 29.5 Å². The summed E-state index contributed by atoms with van der Waals surface area (Å²) in [5.41, 5.74) is 0.332. The van der Waals surface area contributed by atoms with E-state index >= 15 is 0 Å². The number of aryl methyl sites for hydroxylation is 1. The smallest absolute Gasteiger partial charge is 0.417 e. The van der Waals surface area contributed by atoms with Gasteiger partial charge >= 0.3 is 6.18 Å². The van der Waals surface area contributed by atoms with Crippen LogP contribution in [-0.4, -0.2) is 10.9 Å². The van der Waals surface area contributed by atoms with Crippen LogP contribution >= 0.6 is 11.6 Å². The number of hydrogen-bond donors (Lipinski definition) is 1. The summed E-state index contributed by atoms with van der Waals surface area (Å²) in [6, 6.07) is 8.98. The summed E-state index contributed by atoms with van der Waals surface area (Å²) >= 11 is 5.76. The fourth-order valence-electron chi connectivity index (χ4n) is 4.52. The third kappa shape index (κ3) is 4.25. The average molecular weight is 451 g/mol. The number of aliphatic hydroxyl groups is 1. The largest absolute Gasteiger partial charge is 0.511 e. The summed E-state index contributed by atoms with van der Waals surface area (Å²) < 4.78 is 40.0. The second-order valence-electron chi connectivity index (χ2n) is 9.42. The molecular formula is C25H26ClF3O2. The van der Waals surface area contributed by atoms with Crippen LogP contribution in [0.4, 0.5) is 13.2 Å². The van der Waals surface area contributed by atoms with E-state index in [1.807, 2.05) is 34.6 Å². The van der Waals surface area contributed by atoms with Crippen LogP contribution < -0.4 is 0 Å². The van der Waals surface area contributed by atoms with Gasteiger partial charge in [-0.25, -0.2) is 0 Å². The molecule has 0 amide bonds. The first-order valence-corrected chi connectivity index (χ1v) is 10.6. The summed E-state index contributed by atoms with van der Waals surface area (Å²) in [6.45, 7) is 9.42. The minimum Gasteiger partial charge on any atom is -0.511 e. The topological polar surface area (TPSA) is 37.3 Å². The molecule has 3 rings (SSSR count). The molecule has 2 aromatic carbocycles. The lowest BCUT2D eigenvalue weighted by Crippen LogP contribution is -2.38. The van der Waals surface area contributed by atoms with Crippen molar-refractivity contribution in [2.75, 3.05) is 0 Å². The van der Waals surface area contributed by atoms with Crippen LogP contribution in [0, 0.1) is 10.8 Å². The van der Waals surface area contributed by atoms with E-state index < -0.39 is 22.6 Å². The molecule has 166 valence electrons. The molecule has 2 nitrogen and oxygen atoms in total. The molecule has 0 saturated heterocycles. The number of allylic oxidation sites excluding steroid dienone is 2. The fraction of sp³-hybridized carbons (Fsp3) is 0.400. The Bertz CT molecular complexity index is 1080. The molecule has 0 atom stereocenters. The molecule has 1 aliphatic carbocycles. The van der Waals surface area contributed by atoms with Gasteiger partial charge in [0.1, 0.15) is 5.76 Å². The number of benzene rings is 2. The first-order chi connectivity index (χ1) is 14.2. The molecule has 0 saturated carbocycles. The zero-order valence-electron chi connectivity index (χ0n) is 18.2. The molecule has 0 unspecified atom stereocenters. The minimum absolute atomic E-state index is 0.0239. The molecule has 31 heavy (non-hydrogen) atoms. The Hall–Kier alpha value is -2.27. The second-order valence-corrected chi connectivity index (χ2v) is 9.82. The molecule has 0 heterocycles. The molecule has 0 spiro atoms. The van der Waals surface area contributed by atoms with Gasteiger partial charge in [0.15, 0.2) is 5.78 Å². The standard InChI is InChI=1S/C25H26ClF3O2/c1-6-14-7-8-15(16-9-10-19(26)18(12-16)25(27,28)29)11-17(14)20-21(30)23(2,3)13-24(4,5)22(20)31/h7-12,30H,6,13H2,1-5H3. The van der Waals surface area contributed by atoms with Crippen LogP contribution in [0.25, 0.3) is 16.7 Å². The van der Waals surface area contributed by atoms with E-state index in [2.05, 4.69) is 0 Å². The summed E-state index contributed by atoms with van der Waals surface area (Å²) in [5, 5.41) is 10.6. The molecule has 0 fully saturated rings. The van der Waals surface area contributed by atoms with E-state index in [1.165, 1.54) is 12.1 Å². The SMILES string of the molecule is CCc1ccc(-c2ccc(Cl)c(C(F)(F)F)c2)cc1C1=C(O)C(C)(C)CC(C)(C)C1=O. The van der Waals surface area contributed by atoms with Gasteiger partial charge in [0, 0.05) is 10.8 Å². The Kier molecular flexibility index (Phi) is 5.81. The number of carbonyl (C=O) groups is 1. The van der Waals surface area contributed by atoms with Gasteiger partial charge in [-0.3, -0.25) is 4.79 Å². The zero-order chi connectivity index (χ0) is 23.4. The predicted molar refractivity (Wildman–Crippen MR) is 118 cm³/mol. The summed E-state index contributed by atoms with van der Waals surface area (Å²) in [6.07, 6.45) is -3.47. The summed E-state index contributed by atoms with van der Waals surface area (Å²) in [4.78, 5) is 13.3. The maximum atomic E-state index is 13.3. The number of ketones is 1. The lowest BCUT2D eigenvalue weighted by molar-refractivity contribution is -0.137. The van der Waals surface area contributed by atoms with Crippen LogP contribution in [0.15, 0.2) is 42.2 Å². The second kappa shape index (κ2) is 7.70. The van der Waals surface area contributed by atoms with E-state index in [0.717, 1.165) is 11.6 Å². The van der Waals surface area contributed by atoms with Gasteiger partial charge < -0.3 is 5.11 Å². The third-order valence-electron chi connectivity index (χ3n) is 5.97. The zero-order valence-corrected chi connectivity index (χ0v) is 19.0. The molecule has 0 aliphatic heterocycles. The van der Waals surface area contributed by atoms with Crippen molar-refractivity contribution < 1.29 is 23.1 Å². The quantitative estimate of drug-likeness (QED) is 0.516. The van der Waals surface area contributed by atoms with E-state index in [-0.39, 0.29) is 22.1 Å². The molecule has 1 N–H and O–H groups in total. The van der Waals surface area contributed by atoms with Crippen LogP contribution in [0.2, 0.25) is 5.02 Å². The first kappa shape index (κ1) is 23.4. The molecule has 2 aromatic rings. The predicted octanol–water partition coefficient (Wildman–Crippen LogP) is 7.88. The molecule has 0 bridgehead atoms.